The second-order valence-corrected chi connectivity index (χ2v) is 5.51. The summed E-state index contributed by atoms with van der Waals surface area (Å²) in [5, 5.41) is 8.57. The number of piperidine rings is 1. The first-order chi connectivity index (χ1) is 9.33. The third-order valence-electron chi connectivity index (χ3n) is 4.32. The van der Waals surface area contributed by atoms with Crippen LogP contribution in [0.1, 0.15) is 18.5 Å². The molecule has 1 N–H and O–H groups in total. The van der Waals surface area contributed by atoms with Crippen LogP contribution in [0.25, 0.3) is 11.1 Å². The van der Waals surface area contributed by atoms with Gasteiger partial charge in [0.15, 0.2) is 0 Å². The van der Waals surface area contributed by atoms with Gasteiger partial charge in [-0.1, -0.05) is 5.16 Å². The lowest BCUT2D eigenvalue weighted by atomic mass is 9.94. The van der Waals surface area contributed by atoms with E-state index < -0.39 is 0 Å². The quantitative estimate of drug-likeness (QED) is 0.827. The zero-order valence-corrected chi connectivity index (χ0v) is 11.0. The SMILES string of the molecule is Cc1noc2ncnc(N3CC4CCCNC4C3)c12. The molecule has 0 amide bonds. The molecule has 2 fully saturated rings. The number of anilines is 1. The molecule has 6 heteroatoms. The molecule has 0 saturated carbocycles. The van der Waals surface area contributed by atoms with Gasteiger partial charge in [-0.25, -0.2) is 4.98 Å². The summed E-state index contributed by atoms with van der Waals surface area (Å²) in [5.41, 5.74) is 1.46. The number of aromatic nitrogens is 3. The first-order valence-corrected chi connectivity index (χ1v) is 6.88. The number of aryl methyl sites for hydroxylation is 1. The van der Waals surface area contributed by atoms with Crippen molar-refractivity contribution in [3.8, 4) is 0 Å². The van der Waals surface area contributed by atoms with E-state index in [4.69, 9.17) is 4.52 Å². The van der Waals surface area contributed by atoms with Crippen LogP contribution in [-0.2, 0) is 0 Å². The Morgan fingerprint density at radius 2 is 2.32 bits per heavy atom. The zero-order valence-electron chi connectivity index (χ0n) is 11.0. The molecule has 0 bridgehead atoms. The summed E-state index contributed by atoms with van der Waals surface area (Å²) in [6, 6.07) is 0.596. The lowest BCUT2D eigenvalue weighted by molar-refractivity contribution is 0.340. The first kappa shape index (κ1) is 11.2. The van der Waals surface area contributed by atoms with Gasteiger partial charge in [0, 0.05) is 19.1 Å². The molecule has 2 aromatic heterocycles. The van der Waals surface area contributed by atoms with E-state index in [-0.39, 0.29) is 0 Å². The Labute approximate surface area is 111 Å². The van der Waals surface area contributed by atoms with Gasteiger partial charge >= 0.3 is 0 Å². The molecule has 2 atom stereocenters. The fourth-order valence-corrected chi connectivity index (χ4v) is 3.36. The highest BCUT2D eigenvalue weighted by molar-refractivity contribution is 5.88. The summed E-state index contributed by atoms with van der Waals surface area (Å²) < 4.78 is 5.22. The maximum Gasteiger partial charge on any atom is 0.263 e. The van der Waals surface area contributed by atoms with Gasteiger partial charge in [-0.05, 0) is 32.2 Å². The van der Waals surface area contributed by atoms with E-state index in [1.807, 2.05) is 6.92 Å². The summed E-state index contributed by atoms with van der Waals surface area (Å²) in [6.45, 7) is 5.16. The lowest BCUT2D eigenvalue weighted by Gasteiger charge is -2.24. The largest absolute Gasteiger partial charge is 0.354 e. The third-order valence-corrected chi connectivity index (χ3v) is 4.32. The van der Waals surface area contributed by atoms with Crippen molar-refractivity contribution in [1.82, 2.24) is 20.4 Å². The van der Waals surface area contributed by atoms with Crippen LogP contribution in [0, 0.1) is 12.8 Å². The molecule has 0 aliphatic carbocycles. The minimum absolute atomic E-state index is 0.588. The Bertz CT molecular complexity index is 596. The number of hydrogen-bond acceptors (Lipinski definition) is 6. The third kappa shape index (κ3) is 1.70. The highest BCUT2D eigenvalue weighted by Crippen LogP contribution is 2.32. The molecule has 6 nitrogen and oxygen atoms in total. The highest BCUT2D eigenvalue weighted by Gasteiger charge is 2.35. The number of hydrogen-bond donors (Lipinski definition) is 1. The second kappa shape index (κ2) is 4.16. The van der Waals surface area contributed by atoms with Crippen LogP contribution in [-0.4, -0.2) is 40.8 Å². The summed E-state index contributed by atoms with van der Waals surface area (Å²) in [6.07, 6.45) is 4.16. The average molecular weight is 259 g/mol. The highest BCUT2D eigenvalue weighted by atomic mass is 16.5. The van der Waals surface area contributed by atoms with E-state index in [1.165, 1.54) is 12.8 Å². The maximum atomic E-state index is 5.22. The van der Waals surface area contributed by atoms with Gasteiger partial charge in [0.1, 0.15) is 17.5 Å². The van der Waals surface area contributed by atoms with Crippen LogP contribution < -0.4 is 10.2 Å². The van der Waals surface area contributed by atoms with Crippen LogP contribution in [0.5, 0.6) is 0 Å². The Balaban J connectivity index is 1.73. The van der Waals surface area contributed by atoms with Crippen LogP contribution in [0.2, 0.25) is 0 Å². The molecule has 100 valence electrons. The van der Waals surface area contributed by atoms with E-state index in [0.717, 1.165) is 42.5 Å². The monoisotopic (exact) mass is 259 g/mol. The predicted octanol–water partition coefficient (Wildman–Crippen LogP) is 1.11. The summed E-state index contributed by atoms with van der Waals surface area (Å²) >= 11 is 0. The summed E-state index contributed by atoms with van der Waals surface area (Å²) in [7, 11) is 0. The van der Waals surface area contributed by atoms with Crippen LogP contribution in [0.3, 0.4) is 0 Å². The van der Waals surface area contributed by atoms with Gasteiger partial charge in [0.2, 0.25) is 0 Å². The Hall–Kier alpha value is -1.69. The maximum absolute atomic E-state index is 5.22. The van der Waals surface area contributed by atoms with Crippen LogP contribution >= 0.6 is 0 Å². The van der Waals surface area contributed by atoms with E-state index in [1.54, 1.807) is 6.33 Å². The van der Waals surface area contributed by atoms with E-state index in [9.17, 15) is 0 Å². The van der Waals surface area contributed by atoms with Crippen molar-refractivity contribution >= 4 is 16.9 Å². The number of nitrogens with zero attached hydrogens (tertiary/aromatic N) is 4. The summed E-state index contributed by atoms with van der Waals surface area (Å²) in [4.78, 5) is 11.0. The van der Waals surface area contributed by atoms with Crippen LogP contribution in [0.4, 0.5) is 5.82 Å². The fourth-order valence-electron chi connectivity index (χ4n) is 3.36. The van der Waals surface area contributed by atoms with Crippen LogP contribution in [0.15, 0.2) is 10.9 Å². The van der Waals surface area contributed by atoms with E-state index in [0.29, 0.717) is 11.8 Å². The molecule has 2 saturated heterocycles. The van der Waals surface area contributed by atoms with E-state index in [2.05, 4.69) is 25.3 Å². The Morgan fingerprint density at radius 3 is 3.21 bits per heavy atom. The fraction of sp³-hybridized carbons (Fsp3) is 0.615. The van der Waals surface area contributed by atoms with Gasteiger partial charge in [0.05, 0.1) is 5.69 Å². The average Bonchev–Trinajstić information content (AvgIpc) is 3.03. The molecular weight excluding hydrogens is 242 g/mol. The molecule has 4 heterocycles. The molecule has 2 unspecified atom stereocenters. The molecule has 0 spiro atoms. The minimum Gasteiger partial charge on any atom is -0.354 e. The van der Waals surface area contributed by atoms with E-state index >= 15 is 0 Å². The van der Waals surface area contributed by atoms with Gasteiger partial charge in [-0.15, -0.1) is 0 Å². The van der Waals surface area contributed by atoms with Gasteiger partial charge in [0.25, 0.3) is 5.71 Å². The number of fused-ring (bicyclic) bond motifs is 2. The van der Waals surface area contributed by atoms with Crippen molar-refractivity contribution in [3.63, 3.8) is 0 Å². The van der Waals surface area contributed by atoms with Crippen molar-refractivity contribution in [2.24, 2.45) is 5.92 Å². The van der Waals surface area contributed by atoms with Crippen molar-refractivity contribution in [2.45, 2.75) is 25.8 Å². The van der Waals surface area contributed by atoms with Gasteiger partial charge in [-0.2, -0.15) is 4.98 Å². The molecule has 19 heavy (non-hydrogen) atoms. The zero-order chi connectivity index (χ0) is 12.8. The summed E-state index contributed by atoms with van der Waals surface area (Å²) in [5.74, 6) is 1.71. The van der Waals surface area contributed by atoms with Crippen molar-refractivity contribution in [2.75, 3.05) is 24.5 Å². The first-order valence-electron chi connectivity index (χ1n) is 6.88. The molecule has 2 aromatic rings. The number of nitrogens with one attached hydrogen (secondary N) is 1. The normalized spacial score (nSPS) is 26.9. The molecule has 2 aliphatic heterocycles. The van der Waals surface area contributed by atoms with Gasteiger partial charge in [-0.3, -0.25) is 0 Å². The molecule has 0 aromatic carbocycles. The lowest BCUT2D eigenvalue weighted by Crippen LogP contribution is -2.40. The molecular formula is C13H17N5O. The van der Waals surface area contributed by atoms with Crippen molar-refractivity contribution < 1.29 is 4.52 Å². The Morgan fingerprint density at radius 1 is 1.37 bits per heavy atom. The minimum atomic E-state index is 0.588. The van der Waals surface area contributed by atoms with Gasteiger partial charge < -0.3 is 14.7 Å². The topological polar surface area (TPSA) is 67.1 Å². The Kier molecular flexibility index (Phi) is 2.44. The molecule has 0 radical (unpaired) electrons. The smallest absolute Gasteiger partial charge is 0.263 e. The number of rotatable bonds is 1. The van der Waals surface area contributed by atoms with Crippen molar-refractivity contribution in [3.05, 3.63) is 12.0 Å². The molecule has 4 rings (SSSR count). The predicted molar refractivity (Wildman–Crippen MR) is 71.1 cm³/mol. The second-order valence-electron chi connectivity index (χ2n) is 5.51. The molecule has 2 aliphatic rings. The standard InChI is InChI=1S/C13H17N5O/c1-8-11-12(15-7-16-13(11)19-17-8)18-5-9-3-2-4-14-10(9)6-18/h7,9-10,14H,2-6H2,1H3. The van der Waals surface area contributed by atoms with Crippen molar-refractivity contribution in [1.29, 1.82) is 0 Å².